The molecule has 6 nitrogen and oxygen atoms in total. The van der Waals surface area contributed by atoms with Gasteiger partial charge < -0.3 is 19.9 Å². The van der Waals surface area contributed by atoms with Crippen LogP contribution in [0.2, 0.25) is 0 Å². The van der Waals surface area contributed by atoms with E-state index >= 15 is 0 Å². The average Bonchev–Trinajstić information content (AvgIpc) is 2.71. The number of ether oxygens (including phenoxy) is 2. The number of carboxylic acid groups (broad SMARTS) is 1. The van der Waals surface area contributed by atoms with Crippen LogP contribution in [0.15, 0.2) is 48.5 Å². The first-order chi connectivity index (χ1) is 13.6. The van der Waals surface area contributed by atoms with Crippen LogP contribution in [-0.4, -0.2) is 36.7 Å². The Hall–Kier alpha value is -2.86. The van der Waals surface area contributed by atoms with E-state index in [2.05, 4.69) is 5.32 Å². The number of rotatable bonds is 8. The molecule has 1 aliphatic rings. The van der Waals surface area contributed by atoms with Gasteiger partial charge >= 0.3 is 5.97 Å². The molecule has 0 spiro atoms. The van der Waals surface area contributed by atoms with Gasteiger partial charge in [0.2, 0.25) is 0 Å². The number of benzene rings is 2. The van der Waals surface area contributed by atoms with Gasteiger partial charge in [-0.15, -0.1) is 0 Å². The highest BCUT2D eigenvalue weighted by Gasteiger charge is 2.28. The average molecular weight is 383 g/mol. The zero-order valence-electron chi connectivity index (χ0n) is 15.9. The minimum atomic E-state index is -0.945. The molecule has 0 aromatic heterocycles. The van der Waals surface area contributed by atoms with Gasteiger partial charge in [-0.05, 0) is 48.6 Å². The van der Waals surface area contributed by atoms with E-state index in [1.54, 1.807) is 0 Å². The monoisotopic (exact) mass is 383 g/mol. The van der Waals surface area contributed by atoms with Gasteiger partial charge in [-0.3, -0.25) is 9.59 Å². The first kappa shape index (κ1) is 19.9. The highest BCUT2D eigenvalue weighted by molar-refractivity contribution is 5.83. The lowest BCUT2D eigenvalue weighted by molar-refractivity contribution is -0.142. The molecular weight excluding hydrogens is 358 g/mol. The minimum Gasteiger partial charge on any atom is -0.494 e. The smallest absolute Gasteiger partial charge is 0.308 e. The quantitative estimate of drug-likeness (QED) is 0.732. The molecule has 148 valence electrons. The van der Waals surface area contributed by atoms with Gasteiger partial charge in [-0.25, -0.2) is 0 Å². The zero-order valence-corrected chi connectivity index (χ0v) is 15.9. The van der Waals surface area contributed by atoms with Crippen molar-refractivity contribution in [2.75, 3.05) is 19.8 Å². The lowest BCUT2D eigenvalue weighted by Gasteiger charge is -2.25. The van der Waals surface area contributed by atoms with Crippen molar-refractivity contribution in [1.29, 1.82) is 0 Å². The number of carbonyl (C=O) groups excluding carboxylic acids is 1. The maximum absolute atomic E-state index is 12.6. The second-order valence-electron chi connectivity index (χ2n) is 6.76. The van der Waals surface area contributed by atoms with Crippen LogP contribution in [0.25, 0.3) is 0 Å². The number of carbonyl (C=O) groups is 2. The highest BCUT2D eigenvalue weighted by atomic mass is 16.5. The molecule has 6 heteroatoms. The molecule has 28 heavy (non-hydrogen) atoms. The summed E-state index contributed by atoms with van der Waals surface area (Å²) in [6.07, 6.45) is 0.407. The first-order valence-corrected chi connectivity index (χ1v) is 9.50. The molecule has 0 aliphatic carbocycles. The molecule has 2 aromatic rings. The normalized spacial score (nSPS) is 16.7. The van der Waals surface area contributed by atoms with Crippen molar-refractivity contribution in [2.45, 2.75) is 25.9 Å². The van der Waals surface area contributed by atoms with Crippen LogP contribution < -0.4 is 10.1 Å². The summed E-state index contributed by atoms with van der Waals surface area (Å²) in [5.41, 5.74) is 2.83. The summed E-state index contributed by atoms with van der Waals surface area (Å²) in [6, 6.07) is 15.0. The molecule has 1 heterocycles. The van der Waals surface area contributed by atoms with Gasteiger partial charge in [0, 0.05) is 6.54 Å². The fraction of sp³-hybridized carbons (Fsp3) is 0.364. The van der Waals surface area contributed by atoms with E-state index in [0.29, 0.717) is 19.6 Å². The van der Waals surface area contributed by atoms with Gasteiger partial charge in [-0.1, -0.05) is 36.4 Å². The molecule has 0 radical (unpaired) electrons. The molecule has 0 fully saturated rings. The fourth-order valence-electron chi connectivity index (χ4n) is 3.35. The topological polar surface area (TPSA) is 84.9 Å². The Balaban J connectivity index is 1.61. The third-order valence-electron chi connectivity index (χ3n) is 4.82. The van der Waals surface area contributed by atoms with Crippen molar-refractivity contribution in [2.24, 2.45) is 5.92 Å². The number of nitrogens with one attached hydrogen (secondary N) is 1. The SMILES string of the molecule is CCOc1ccc(CC(CNC(=O)C2OCCc3ccccc32)C(=O)O)cc1. The van der Waals surface area contributed by atoms with Gasteiger partial charge in [0.1, 0.15) is 5.75 Å². The Morgan fingerprint density at radius 1 is 1.21 bits per heavy atom. The van der Waals surface area contributed by atoms with Gasteiger partial charge in [0.05, 0.1) is 19.1 Å². The fourth-order valence-corrected chi connectivity index (χ4v) is 3.35. The molecule has 2 aromatic carbocycles. The molecule has 2 atom stereocenters. The second-order valence-corrected chi connectivity index (χ2v) is 6.76. The molecule has 1 aliphatic heterocycles. The number of carboxylic acids is 1. The van der Waals surface area contributed by atoms with Crippen molar-refractivity contribution < 1.29 is 24.2 Å². The number of aliphatic carboxylic acids is 1. The predicted octanol–water partition coefficient (Wildman–Crippen LogP) is 2.76. The minimum absolute atomic E-state index is 0.0450. The lowest BCUT2D eigenvalue weighted by Crippen LogP contribution is -2.38. The molecule has 0 saturated heterocycles. The van der Waals surface area contributed by atoms with E-state index in [0.717, 1.165) is 28.9 Å². The van der Waals surface area contributed by atoms with Crippen LogP contribution in [0, 0.1) is 5.92 Å². The predicted molar refractivity (Wildman–Crippen MR) is 104 cm³/mol. The highest BCUT2D eigenvalue weighted by Crippen LogP contribution is 2.27. The van der Waals surface area contributed by atoms with E-state index in [9.17, 15) is 14.7 Å². The lowest BCUT2D eigenvalue weighted by atomic mass is 9.96. The van der Waals surface area contributed by atoms with E-state index in [1.807, 2.05) is 55.5 Å². The molecule has 0 saturated carbocycles. The van der Waals surface area contributed by atoms with Gasteiger partial charge in [0.15, 0.2) is 6.10 Å². The first-order valence-electron chi connectivity index (χ1n) is 9.50. The summed E-state index contributed by atoms with van der Waals surface area (Å²) >= 11 is 0. The van der Waals surface area contributed by atoms with Crippen molar-refractivity contribution in [1.82, 2.24) is 5.32 Å². The Kier molecular flexibility index (Phi) is 6.66. The Labute approximate surface area is 164 Å². The Morgan fingerprint density at radius 2 is 1.96 bits per heavy atom. The van der Waals surface area contributed by atoms with Crippen LogP contribution in [0.1, 0.15) is 29.7 Å². The third kappa shape index (κ3) is 4.89. The number of amides is 1. The van der Waals surface area contributed by atoms with E-state index in [4.69, 9.17) is 9.47 Å². The van der Waals surface area contributed by atoms with Gasteiger partial charge in [-0.2, -0.15) is 0 Å². The summed E-state index contributed by atoms with van der Waals surface area (Å²) in [5.74, 6) is -1.22. The summed E-state index contributed by atoms with van der Waals surface area (Å²) < 4.78 is 11.0. The van der Waals surface area contributed by atoms with E-state index in [-0.39, 0.29) is 12.5 Å². The Morgan fingerprint density at radius 3 is 2.68 bits per heavy atom. The number of fused-ring (bicyclic) bond motifs is 1. The second kappa shape index (κ2) is 9.37. The summed E-state index contributed by atoms with van der Waals surface area (Å²) in [4.78, 5) is 24.3. The molecule has 2 unspecified atom stereocenters. The summed E-state index contributed by atoms with van der Waals surface area (Å²) in [5, 5.41) is 12.3. The maximum atomic E-state index is 12.6. The van der Waals surface area contributed by atoms with Crippen LogP contribution in [0.4, 0.5) is 0 Å². The molecule has 2 N–H and O–H groups in total. The summed E-state index contributed by atoms with van der Waals surface area (Å²) in [7, 11) is 0. The number of hydrogen-bond acceptors (Lipinski definition) is 4. The van der Waals surface area contributed by atoms with Crippen LogP contribution >= 0.6 is 0 Å². The number of hydrogen-bond donors (Lipinski definition) is 2. The Bertz CT molecular complexity index is 818. The van der Waals surface area contributed by atoms with Gasteiger partial charge in [0.25, 0.3) is 5.91 Å². The van der Waals surface area contributed by atoms with Crippen LogP contribution in [0.3, 0.4) is 0 Å². The molecular formula is C22H25NO5. The van der Waals surface area contributed by atoms with Crippen molar-refractivity contribution in [3.63, 3.8) is 0 Å². The van der Waals surface area contributed by atoms with E-state index in [1.165, 1.54) is 0 Å². The zero-order chi connectivity index (χ0) is 19.9. The molecule has 1 amide bonds. The molecule has 3 rings (SSSR count). The largest absolute Gasteiger partial charge is 0.494 e. The van der Waals surface area contributed by atoms with Crippen molar-refractivity contribution >= 4 is 11.9 Å². The summed E-state index contributed by atoms with van der Waals surface area (Å²) in [6.45, 7) is 3.01. The molecule has 0 bridgehead atoms. The van der Waals surface area contributed by atoms with Crippen LogP contribution in [-0.2, 0) is 27.2 Å². The third-order valence-corrected chi connectivity index (χ3v) is 4.82. The van der Waals surface area contributed by atoms with E-state index < -0.39 is 18.0 Å². The standard InChI is InChI=1S/C22H25NO5/c1-2-27-18-9-7-15(8-10-18)13-17(22(25)26)14-23-21(24)20-19-6-4-3-5-16(19)11-12-28-20/h3-10,17,20H,2,11-14H2,1H3,(H,23,24)(H,25,26). The van der Waals surface area contributed by atoms with Crippen molar-refractivity contribution in [3.05, 3.63) is 65.2 Å². The van der Waals surface area contributed by atoms with Crippen LogP contribution in [0.5, 0.6) is 5.75 Å². The maximum Gasteiger partial charge on any atom is 0.308 e. The van der Waals surface area contributed by atoms with Crippen molar-refractivity contribution in [3.8, 4) is 5.75 Å².